The number of nitro benzene ring substituents is 1. The van der Waals surface area contributed by atoms with Crippen molar-refractivity contribution in [2.24, 2.45) is 0 Å². The van der Waals surface area contributed by atoms with E-state index in [0.29, 0.717) is 6.54 Å². The summed E-state index contributed by atoms with van der Waals surface area (Å²) in [6.07, 6.45) is 0. The van der Waals surface area contributed by atoms with Gasteiger partial charge in [0.25, 0.3) is 5.69 Å². The fraction of sp³-hybridized carbons (Fsp3) is 0.0833. The molecule has 0 saturated heterocycles. The van der Waals surface area contributed by atoms with Gasteiger partial charge in [-0.05, 0) is 34.1 Å². The number of para-hydroxylation sites is 1. The summed E-state index contributed by atoms with van der Waals surface area (Å²) in [7, 11) is 0. The van der Waals surface area contributed by atoms with Crippen LogP contribution in [0.5, 0.6) is 0 Å². The summed E-state index contributed by atoms with van der Waals surface area (Å²) in [6, 6.07) is 7.69. The highest BCUT2D eigenvalue weighted by atomic mass is 79.9. The standard InChI is InChI=1S/C12H9BrN2O4S/c13-10-5-4-7(20-10)6-14-11-8(12(16)17)2-1-3-9(11)15(18)19/h1-5,14H,6H2,(H,16,17). The van der Waals surface area contributed by atoms with Crippen LogP contribution in [0.1, 0.15) is 15.2 Å². The predicted octanol–water partition coefficient (Wildman–Crippen LogP) is 3.73. The molecule has 2 rings (SSSR count). The van der Waals surface area contributed by atoms with Gasteiger partial charge in [0.15, 0.2) is 0 Å². The van der Waals surface area contributed by atoms with Crippen molar-refractivity contribution in [2.45, 2.75) is 6.54 Å². The normalized spacial score (nSPS) is 10.2. The number of rotatable bonds is 5. The Balaban J connectivity index is 2.32. The second-order valence-electron chi connectivity index (χ2n) is 3.82. The molecule has 0 amide bonds. The number of hydrogen-bond donors (Lipinski definition) is 2. The number of hydrogen-bond acceptors (Lipinski definition) is 5. The molecule has 6 nitrogen and oxygen atoms in total. The number of carbonyl (C=O) groups is 1. The number of carboxylic acid groups (broad SMARTS) is 1. The molecule has 0 spiro atoms. The molecule has 0 fully saturated rings. The number of benzene rings is 1. The number of aromatic carboxylic acids is 1. The number of anilines is 1. The van der Waals surface area contributed by atoms with Crippen molar-refractivity contribution in [1.82, 2.24) is 0 Å². The van der Waals surface area contributed by atoms with E-state index in [1.165, 1.54) is 29.5 Å². The molecule has 0 saturated carbocycles. The molecule has 0 bridgehead atoms. The Morgan fingerprint density at radius 3 is 2.70 bits per heavy atom. The van der Waals surface area contributed by atoms with Crippen LogP contribution < -0.4 is 5.32 Å². The molecule has 104 valence electrons. The van der Waals surface area contributed by atoms with Crippen LogP contribution in [0.3, 0.4) is 0 Å². The molecule has 0 atom stereocenters. The third-order valence-corrected chi connectivity index (χ3v) is 4.16. The van der Waals surface area contributed by atoms with E-state index in [4.69, 9.17) is 5.11 Å². The van der Waals surface area contributed by atoms with Crippen molar-refractivity contribution in [3.63, 3.8) is 0 Å². The first-order valence-electron chi connectivity index (χ1n) is 5.48. The average molecular weight is 357 g/mol. The molecular formula is C12H9BrN2O4S. The Bertz CT molecular complexity index is 639. The van der Waals surface area contributed by atoms with Gasteiger partial charge in [0.1, 0.15) is 5.69 Å². The third kappa shape index (κ3) is 3.14. The summed E-state index contributed by atoms with van der Waals surface area (Å²) in [4.78, 5) is 22.5. The van der Waals surface area contributed by atoms with E-state index in [1.54, 1.807) is 0 Å². The lowest BCUT2D eigenvalue weighted by Crippen LogP contribution is -2.08. The van der Waals surface area contributed by atoms with Crippen molar-refractivity contribution in [3.8, 4) is 0 Å². The highest BCUT2D eigenvalue weighted by Gasteiger charge is 2.21. The first-order valence-corrected chi connectivity index (χ1v) is 7.09. The third-order valence-electron chi connectivity index (χ3n) is 2.54. The van der Waals surface area contributed by atoms with Crippen molar-refractivity contribution in [1.29, 1.82) is 0 Å². The molecule has 1 aromatic heterocycles. The zero-order chi connectivity index (χ0) is 14.7. The lowest BCUT2D eigenvalue weighted by Gasteiger charge is -2.09. The zero-order valence-electron chi connectivity index (χ0n) is 10.00. The monoisotopic (exact) mass is 356 g/mol. The highest BCUT2D eigenvalue weighted by Crippen LogP contribution is 2.30. The van der Waals surface area contributed by atoms with Crippen molar-refractivity contribution in [2.75, 3.05) is 5.32 Å². The van der Waals surface area contributed by atoms with Crippen LogP contribution in [0, 0.1) is 10.1 Å². The van der Waals surface area contributed by atoms with Crippen molar-refractivity contribution >= 4 is 44.6 Å². The van der Waals surface area contributed by atoms with Crippen LogP contribution in [0.4, 0.5) is 11.4 Å². The molecule has 0 unspecified atom stereocenters. The Kier molecular flexibility index (Phi) is 4.35. The maximum Gasteiger partial charge on any atom is 0.338 e. The minimum atomic E-state index is -1.21. The summed E-state index contributed by atoms with van der Waals surface area (Å²) >= 11 is 4.79. The number of thiophene rings is 1. The maximum absolute atomic E-state index is 11.1. The Morgan fingerprint density at radius 1 is 1.40 bits per heavy atom. The molecule has 1 heterocycles. The van der Waals surface area contributed by atoms with Crippen molar-refractivity contribution in [3.05, 3.63) is 54.7 Å². The molecule has 0 aliphatic heterocycles. The molecule has 0 aliphatic rings. The summed E-state index contributed by atoms with van der Waals surface area (Å²) in [5, 5.41) is 22.9. The topological polar surface area (TPSA) is 92.5 Å². The van der Waals surface area contributed by atoms with E-state index in [-0.39, 0.29) is 16.9 Å². The van der Waals surface area contributed by atoms with Gasteiger partial charge >= 0.3 is 5.97 Å². The smallest absolute Gasteiger partial charge is 0.338 e. The SMILES string of the molecule is O=C(O)c1cccc([N+](=O)[O-])c1NCc1ccc(Br)s1. The Morgan fingerprint density at radius 2 is 2.15 bits per heavy atom. The van der Waals surface area contributed by atoms with Gasteiger partial charge in [0, 0.05) is 17.5 Å². The van der Waals surface area contributed by atoms with Gasteiger partial charge in [-0.15, -0.1) is 11.3 Å². The van der Waals surface area contributed by atoms with E-state index >= 15 is 0 Å². The maximum atomic E-state index is 11.1. The van der Waals surface area contributed by atoms with Crippen LogP contribution >= 0.6 is 27.3 Å². The second kappa shape index (κ2) is 6.02. The summed E-state index contributed by atoms with van der Waals surface area (Å²) in [5.41, 5.74) is -0.343. The number of nitrogens with one attached hydrogen (secondary N) is 1. The van der Waals surface area contributed by atoms with Gasteiger partial charge in [-0.1, -0.05) is 6.07 Å². The van der Waals surface area contributed by atoms with Gasteiger partial charge in [0.2, 0.25) is 0 Å². The molecule has 2 N–H and O–H groups in total. The average Bonchev–Trinajstić information content (AvgIpc) is 2.81. The van der Waals surface area contributed by atoms with E-state index in [2.05, 4.69) is 21.2 Å². The molecule has 2 aromatic rings. The van der Waals surface area contributed by atoms with Gasteiger partial charge in [-0.3, -0.25) is 10.1 Å². The van der Waals surface area contributed by atoms with E-state index in [9.17, 15) is 14.9 Å². The van der Waals surface area contributed by atoms with Crippen LogP contribution in [0.25, 0.3) is 0 Å². The van der Waals surface area contributed by atoms with Gasteiger partial charge < -0.3 is 10.4 Å². The summed E-state index contributed by atoms with van der Waals surface area (Å²) in [5.74, 6) is -1.21. The summed E-state index contributed by atoms with van der Waals surface area (Å²) in [6.45, 7) is 0.321. The van der Waals surface area contributed by atoms with E-state index in [0.717, 1.165) is 8.66 Å². The fourth-order valence-corrected chi connectivity index (χ4v) is 3.10. The first kappa shape index (κ1) is 14.5. The number of carboxylic acids is 1. The van der Waals surface area contributed by atoms with Crippen molar-refractivity contribution < 1.29 is 14.8 Å². The van der Waals surface area contributed by atoms with Gasteiger partial charge in [-0.25, -0.2) is 4.79 Å². The second-order valence-corrected chi connectivity index (χ2v) is 6.37. The number of halogens is 1. The Labute approximate surface area is 126 Å². The minimum Gasteiger partial charge on any atom is -0.478 e. The number of nitrogens with zero attached hydrogens (tertiary/aromatic N) is 1. The highest BCUT2D eigenvalue weighted by molar-refractivity contribution is 9.11. The first-order chi connectivity index (χ1) is 9.49. The molecule has 1 aromatic carbocycles. The zero-order valence-corrected chi connectivity index (χ0v) is 12.4. The van der Waals surface area contributed by atoms with Crippen LogP contribution in [0.15, 0.2) is 34.1 Å². The molecule has 20 heavy (non-hydrogen) atoms. The quantitative estimate of drug-likeness (QED) is 0.628. The van der Waals surface area contributed by atoms with Crippen LogP contribution in [-0.4, -0.2) is 16.0 Å². The molecular weight excluding hydrogens is 348 g/mol. The van der Waals surface area contributed by atoms with E-state index in [1.807, 2.05) is 12.1 Å². The minimum absolute atomic E-state index is 0.0227. The molecule has 8 heteroatoms. The van der Waals surface area contributed by atoms with Gasteiger partial charge in [-0.2, -0.15) is 0 Å². The lowest BCUT2D eigenvalue weighted by molar-refractivity contribution is -0.384. The van der Waals surface area contributed by atoms with Gasteiger partial charge in [0.05, 0.1) is 14.3 Å². The predicted molar refractivity (Wildman–Crippen MR) is 79.4 cm³/mol. The Hall–Kier alpha value is -1.93. The lowest BCUT2D eigenvalue weighted by atomic mass is 10.1. The molecule has 0 radical (unpaired) electrons. The largest absolute Gasteiger partial charge is 0.478 e. The number of nitro groups is 1. The van der Waals surface area contributed by atoms with E-state index < -0.39 is 10.9 Å². The fourth-order valence-electron chi connectivity index (χ4n) is 1.68. The summed E-state index contributed by atoms with van der Waals surface area (Å²) < 4.78 is 0.940. The van der Waals surface area contributed by atoms with Crippen LogP contribution in [-0.2, 0) is 6.54 Å². The molecule has 0 aliphatic carbocycles. The van der Waals surface area contributed by atoms with Crippen LogP contribution in [0.2, 0.25) is 0 Å².